The number of carbonyl (C=O) groups excluding carboxylic acids is 1. The average Bonchev–Trinajstić information content (AvgIpc) is 3.06. The predicted molar refractivity (Wildman–Crippen MR) is 105 cm³/mol. The number of carbonyl (C=O) groups is 1. The number of thiazole rings is 1. The van der Waals surface area contributed by atoms with Crippen molar-refractivity contribution in [1.82, 2.24) is 9.88 Å². The Hall–Kier alpha value is -2.44. The maximum absolute atomic E-state index is 13.2. The number of rotatable bonds is 4. The standard InChI is InChI=1S/C20H21N3O2S/c1-14-21-17-8-7-16(13-18(17)26-14)22-19(15-5-3-2-4-6-15)20(24)23-9-11-25-12-10-23/h2-8,13,19,22H,9-12H2,1H3/t19-/m1/s1. The minimum absolute atomic E-state index is 0.0834. The zero-order chi connectivity index (χ0) is 17.9. The van der Waals surface area contributed by atoms with E-state index in [9.17, 15) is 4.79 Å². The Labute approximate surface area is 156 Å². The van der Waals surface area contributed by atoms with Gasteiger partial charge in [-0.15, -0.1) is 11.3 Å². The van der Waals surface area contributed by atoms with Crippen molar-refractivity contribution in [3.05, 3.63) is 59.1 Å². The average molecular weight is 367 g/mol. The Bertz CT molecular complexity index is 904. The topological polar surface area (TPSA) is 54.5 Å². The third-order valence-electron chi connectivity index (χ3n) is 4.51. The number of amides is 1. The molecular formula is C20H21N3O2S. The molecule has 1 N–H and O–H groups in total. The Morgan fingerprint density at radius 2 is 1.96 bits per heavy atom. The lowest BCUT2D eigenvalue weighted by Crippen LogP contribution is -2.44. The summed E-state index contributed by atoms with van der Waals surface area (Å²) in [6, 6.07) is 15.5. The van der Waals surface area contributed by atoms with E-state index < -0.39 is 6.04 Å². The van der Waals surface area contributed by atoms with Crippen LogP contribution in [0.1, 0.15) is 16.6 Å². The van der Waals surface area contributed by atoms with Gasteiger partial charge in [0.2, 0.25) is 5.91 Å². The quantitative estimate of drug-likeness (QED) is 0.765. The van der Waals surface area contributed by atoms with Crippen LogP contribution < -0.4 is 5.32 Å². The Kier molecular flexibility index (Phi) is 4.86. The number of anilines is 1. The first kappa shape index (κ1) is 17.0. The monoisotopic (exact) mass is 367 g/mol. The van der Waals surface area contributed by atoms with Crippen molar-refractivity contribution in [3.8, 4) is 0 Å². The second kappa shape index (κ2) is 7.43. The van der Waals surface area contributed by atoms with E-state index in [2.05, 4.69) is 16.4 Å². The van der Waals surface area contributed by atoms with Gasteiger partial charge in [-0.25, -0.2) is 4.98 Å². The van der Waals surface area contributed by atoms with Crippen molar-refractivity contribution < 1.29 is 9.53 Å². The highest BCUT2D eigenvalue weighted by Gasteiger charge is 2.27. The molecule has 4 rings (SSSR count). The van der Waals surface area contributed by atoms with E-state index in [4.69, 9.17) is 4.74 Å². The van der Waals surface area contributed by atoms with E-state index in [1.807, 2.05) is 54.3 Å². The molecule has 1 atom stereocenters. The molecule has 3 aromatic rings. The highest BCUT2D eigenvalue weighted by Crippen LogP contribution is 2.28. The van der Waals surface area contributed by atoms with Gasteiger partial charge in [0.25, 0.3) is 0 Å². The molecule has 1 aliphatic rings. The number of morpholine rings is 1. The van der Waals surface area contributed by atoms with E-state index in [0.29, 0.717) is 26.3 Å². The minimum atomic E-state index is -0.416. The fourth-order valence-electron chi connectivity index (χ4n) is 3.20. The van der Waals surface area contributed by atoms with Gasteiger partial charge in [0.1, 0.15) is 6.04 Å². The van der Waals surface area contributed by atoms with Gasteiger partial charge in [-0.3, -0.25) is 4.79 Å². The second-order valence-corrected chi connectivity index (χ2v) is 7.58. The molecule has 0 spiro atoms. The maximum Gasteiger partial charge on any atom is 0.249 e. The second-order valence-electron chi connectivity index (χ2n) is 6.34. The first-order valence-corrected chi connectivity index (χ1v) is 9.57. The SMILES string of the molecule is Cc1nc2ccc(N[C@@H](C(=O)N3CCOCC3)c3ccccc3)cc2s1. The number of hydrogen-bond acceptors (Lipinski definition) is 5. The molecule has 0 unspecified atom stereocenters. The molecule has 0 aliphatic carbocycles. The van der Waals surface area contributed by atoms with Crippen LogP contribution in [0, 0.1) is 6.92 Å². The largest absolute Gasteiger partial charge is 0.378 e. The van der Waals surface area contributed by atoms with Gasteiger partial charge >= 0.3 is 0 Å². The molecule has 2 heterocycles. The molecule has 1 saturated heterocycles. The summed E-state index contributed by atoms with van der Waals surface area (Å²) in [5.41, 5.74) is 2.88. The van der Waals surface area contributed by atoms with Crippen molar-refractivity contribution in [2.45, 2.75) is 13.0 Å². The first-order chi connectivity index (χ1) is 12.7. The minimum Gasteiger partial charge on any atom is -0.378 e. The van der Waals surface area contributed by atoms with E-state index in [1.54, 1.807) is 11.3 Å². The molecule has 0 saturated carbocycles. The fourth-order valence-corrected chi connectivity index (χ4v) is 4.06. The lowest BCUT2D eigenvalue weighted by molar-refractivity contribution is -0.136. The first-order valence-electron chi connectivity index (χ1n) is 8.76. The van der Waals surface area contributed by atoms with Gasteiger partial charge in [-0.05, 0) is 30.7 Å². The molecule has 1 aliphatic heterocycles. The Morgan fingerprint density at radius 1 is 1.19 bits per heavy atom. The van der Waals surface area contributed by atoms with Gasteiger partial charge < -0.3 is 15.0 Å². The van der Waals surface area contributed by atoms with Gasteiger partial charge in [-0.1, -0.05) is 30.3 Å². The summed E-state index contributed by atoms with van der Waals surface area (Å²) >= 11 is 1.66. The highest BCUT2D eigenvalue weighted by molar-refractivity contribution is 7.18. The zero-order valence-electron chi connectivity index (χ0n) is 14.6. The fraction of sp³-hybridized carbons (Fsp3) is 0.300. The third-order valence-corrected chi connectivity index (χ3v) is 5.44. The van der Waals surface area contributed by atoms with Crippen molar-refractivity contribution in [3.63, 3.8) is 0 Å². The van der Waals surface area contributed by atoms with Crippen molar-refractivity contribution in [2.75, 3.05) is 31.6 Å². The van der Waals surface area contributed by atoms with Crippen LogP contribution in [0.2, 0.25) is 0 Å². The van der Waals surface area contributed by atoms with Crippen LogP contribution in [0.4, 0.5) is 5.69 Å². The van der Waals surface area contributed by atoms with E-state index in [1.165, 1.54) is 0 Å². The molecule has 2 aromatic carbocycles. The molecule has 5 nitrogen and oxygen atoms in total. The van der Waals surface area contributed by atoms with E-state index >= 15 is 0 Å². The molecule has 6 heteroatoms. The summed E-state index contributed by atoms with van der Waals surface area (Å²) in [7, 11) is 0. The molecule has 1 fully saturated rings. The van der Waals surface area contributed by atoms with Crippen LogP contribution in [0.15, 0.2) is 48.5 Å². The van der Waals surface area contributed by atoms with Crippen molar-refractivity contribution >= 4 is 33.1 Å². The number of nitrogens with zero attached hydrogens (tertiary/aromatic N) is 2. The summed E-state index contributed by atoms with van der Waals surface area (Å²) in [5.74, 6) is 0.0834. The molecule has 0 radical (unpaired) electrons. The number of aryl methyl sites for hydroxylation is 1. The highest BCUT2D eigenvalue weighted by atomic mass is 32.1. The number of fused-ring (bicyclic) bond motifs is 1. The smallest absolute Gasteiger partial charge is 0.249 e. The van der Waals surface area contributed by atoms with Gasteiger partial charge in [0, 0.05) is 18.8 Å². The van der Waals surface area contributed by atoms with Gasteiger partial charge in [-0.2, -0.15) is 0 Å². The van der Waals surface area contributed by atoms with Gasteiger partial charge in [0.05, 0.1) is 28.4 Å². The van der Waals surface area contributed by atoms with E-state index in [0.717, 1.165) is 26.5 Å². The number of benzene rings is 2. The van der Waals surface area contributed by atoms with Crippen molar-refractivity contribution in [2.24, 2.45) is 0 Å². The van der Waals surface area contributed by atoms with Crippen molar-refractivity contribution in [1.29, 1.82) is 0 Å². The van der Waals surface area contributed by atoms with E-state index in [-0.39, 0.29) is 5.91 Å². The molecule has 26 heavy (non-hydrogen) atoms. The third kappa shape index (κ3) is 3.57. The van der Waals surface area contributed by atoms with Gasteiger partial charge in [0.15, 0.2) is 0 Å². The molecule has 1 aromatic heterocycles. The summed E-state index contributed by atoms with van der Waals surface area (Å²) in [4.78, 5) is 19.5. The zero-order valence-corrected chi connectivity index (χ0v) is 15.5. The molecule has 134 valence electrons. The molecular weight excluding hydrogens is 346 g/mol. The van der Waals surface area contributed by atoms with Crippen LogP contribution in [-0.4, -0.2) is 42.1 Å². The lowest BCUT2D eigenvalue weighted by Gasteiger charge is -2.31. The number of ether oxygens (including phenoxy) is 1. The number of hydrogen-bond donors (Lipinski definition) is 1. The normalized spacial score (nSPS) is 15.8. The molecule has 0 bridgehead atoms. The maximum atomic E-state index is 13.2. The number of aromatic nitrogens is 1. The summed E-state index contributed by atoms with van der Waals surface area (Å²) < 4.78 is 6.51. The van der Waals surface area contributed by atoms with Crippen LogP contribution in [0.5, 0.6) is 0 Å². The van der Waals surface area contributed by atoms with Crippen LogP contribution in [-0.2, 0) is 9.53 Å². The number of nitrogens with one attached hydrogen (secondary N) is 1. The summed E-state index contributed by atoms with van der Waals surface area (Å²) in [6.07, 6.45) is 0. The summed E-state index contributed by atoms with van der Waals surface area (Å²) in [6.45, 7) is 4.47. The Morgan fingerprint density at radius 3 is 2.73 bits per heavy atom. The Balaban J connectivity index is 1.64. The van der Waals surface area contributed by atoms with Crippen LogP contribution in [0.25, 0.3) is 10.2 Å². The predicted octanol–water partition coefficient (Wildman–Crippen LogP) is 3.62. The lowest BCUT2D eigenvalue weighted by atomic mass is 10.0. The van der Waals surface area contributed by atoms with Crippen LogP contribution >= 0.6 is 11.3 Å². The summed E-state index contributed by atoms with van der Waals surface area (Å²) in [5, 5.41) is 4.48. The van der Waals surface area contributed by atoms with Crippen LogP contribution in [0.3, 0.4) is 0 Å². The molecule has 1 amide bonds.